The van der Waals surface area contributed by atoms with E-state index in [4.69, 9.17) is 5.73 Å². The normalized spacial score (nSPS) is 28.8. The highest BCUT2D eigenvalue weighted by Crippen LogP contribution is 2.37. The van der Waals surface area contributed by atoms with E-state index in [9.17, 15) is 10.1 Å². The van der Waals surface area contributed by atoms with Gasteiger partial charge in [-0.2, -0.15) is 0 Å². The van der Waals surface area contributed by atoms with E-state index >= 15 is 0 Å². The van der Waals surface area contributed by atoms with Crippen LogP contribution in [0, 0.1) is 24.0 Å². The van der Waals surface area contributed by atoms with Gasteiger partial charge in [0.25, 0.3) is 5.69 Å². The van der Waals surface area contributed by atoms with E-state index in [2.05, 4.69) is 9.88 Å². The van der Waals surface area contributed by atoms with Crippen molar-refractivity contribution in [3.63, 3.8) is 0 Å². The van der Waals surface area contributed by atoms with Gasteiger partial charge in [0.05, 0.1) is 10.6 Å². The Bertz CT molecular complexity index is 561. The minimum Gasteiger partial charge on any atom is -0.328 e. The average Bonchev–Trinajstić information content (AvgIpc) is 2.64. The van der Waals surface area contributed by atoms with E-state index in [1.165, 1.54) is 12.8 Å². The summed E-state index contributed by atoms with van der Waals surface area (Å²) in [7, 11) is 0. The number of nitro groups is 1. The monoisotopic (exact) mass is 290 g/mol. The Hall–Kier alpha value is -1.53. The number of aromatic nitrogens is 1. The molecule has 0 spiro atoms. The quantitative estimate of drug-likeness (QED) is 0.680. The van der Waals surface area contributed by atoms with E-state index in [0.29, 0.717) is 35.8 Å². The second kappa shape index (κ2) is 5.35. The largest absolute Gasteiger partial charge is 0.328 e. The predicted octanol–water partition coefficient (Wildman–Crippen LogP) is 2.06. The molecule has 2 unspecified atom stereocenters. The van der Waals surface area contributed by atoms with Gasteiger partial charge in [-0.3, -0.25) is 20.0 Å². The number of piperidine rings is 1. The number of hydrogen-bond donors (Lipinski definition) is 1. The van der Waals surface area contributed by atoms with Crippen LogP contribution in [0.25, 0.3) is 0 Å². The molecule has 114 valence electrons. The van der Waals surface area contributed by atoms with Crippen LogP contribution in [0.2, 0.25) is 0 Å². The highest BCUT2D eigenvalue weighted by Gasteiger charge is 2.40. The number of fused-ring (bicyclic) bond motifs is 2. The predicted molar refractivity (Wildman–Crippen MR) is 79.9 cm³/mol. The van der Waals surface area contributed by atoms with Gasteiger partial charge in [0.1, 0.15) is 0 Å². The highest BCUT2D eigenvalue weighted by atomic mass is 16.6. The molecular formula is C15H22N4O2. The van der Waals surface area contributed by atoms with Gasteiger partial charge in [0.2, 0.25) is 0 Å². The van der Waals surface area contributed by atoms with Crippen LogP contribution in [0.5, 0.6) is 0 Å². The Balaban J connectivity index is 1.86. The number of pyridine rings is 1. The Morgan fingerprint density at radius 2 is 2.00 bits per heavy atom. The van der Waals surface area contributed by atoms with Crippen LogP contribution in [0.4, 0.5) is 5.69 Å². The number of aryl methyl sites for hydroxylation is 1. The van der Waals surface area contributed by atoms with E-state index in [0.717, 1.165) is 18.5 Å². The maximum Gasteiger partial charge on any atom is 0.278 e. The van der Waals surface area contributed by atoms with Crippen LogP contribution < -0.4 is 5.73 Å². The van der Waals surface area contributed by atoms with Gasteiger partial charge in [0, 0.05) is 42.0 Å². The van der Waals surface area contributed by atoms with Crippen molar-refractivity contribution >= 4 is 5.69 Å². The summed E-state index contributed by atoms with van der Waals surface area (Å²) < 4.78 is 0. The molecule has 0 aliphatic carbocycles. The fourth-order valence-electron chi connectivity index (χ4n) is 3.95. The molecule has 21 heavy (non-hydrogen) atoms. The van der Waals surface area contributed by atoms with Crippen LogP contribution in [-0.4, -0.2) is 32.9 Å². The Morgan fingerprint density at radius 3 is 2.57 bits per heavy atom. The van der Waals surface area contributed by atoms with Crippen LogP contribution in [0.3, 0.4) is 0 Å². The first-order chi connectivity index (χ1) is 9.97. The van der Waals surface area contributed by atoms with Crippen molar-refractivity contribution in [2.45, 2.75) is 64.2 Å². The van der Waals surface area contributed by atoms with Gasteiger partial charge in [-0.1, -0.05) is 0 Å². The average molecular weight is 290 g/mol. The second-order valence-electron chi connectivity index (χ2n) is 6.41. The zero-order chi connectivity index (χ0) is 15.1. The van der Waals surface area contributed by atoms with Gasteiger partial charge in [0.15, 0.2) is 0 Å². The molecule has 1 aromatic heterocycles. The minimum atomic E-state index is -0.295. The van der Waals surface area contributed by atoms with Crippen LogP contribution in [0.1, 0.15) is 42.5 Å². The zero-order valence-electron chi connectivity index (χ0n) is 12.6. The Kier molecular flexibility index (Phi) is 3.67. The molecule has 3 rings (SSSR count). The van der Waals surface area contributed by atoms with Crippen molar-refractivity contribution in [3.05, 3.63) is 33.1 Å². The lowest BCUT2D eigenvalue weighted by atomic mass is 9.97. The van der Waals surface area contributed by atoms with E-state index < -0.39 is 0 Å². The molecule has 1 aromatic rings. The molecule has 2 atom stereocenters. The molecule has 6 heteroatoms. The summed E-state index contributed by atoms with van der Waals surface area (Å²) in [5.74, 6) is 0. The molecule has 2 fully saturated rings. The number of hydrogen-bond acceptors (Lipinski definition) is 5. The lowest BCUT2D eigenvalue weighted by molar-refractivity contribution is -0.386. The van der Waals surface area contributed by atoms with Crippen molar-refractivity contribution < 1.29 is 4.92 Å². The molecule has 0 aromatic carbocycles. The summed E-state index contributed by atoms with van der Waals surface area (Å²) in [4.78, 5) is 17.8. The van der Waals surface area contributed by atoms with Gasteiger partial charge < -0.3 is 5.73 Å². The Labute approximate surface area is 124 Å². The van der Waals surface area contributed by atoms with Gasteiger partial charge in [-0.25, -0.2) is 0 Å². The zero-order valence-corrected chi connectivity index (χ0v) is 12.6. The molecule has 0 radical (unpaired) electrons. The van der Waals surface area contributed by atoms with Crippen LogP contribution in [0.15, 0.2) is 6.20 Å². The summed E-state index contributed by atoms with van der Waals surface area (Å²) in [5.41, 5.74) is 8.47. The minimum absolute atomic E-state index is 0.209. The summed E-state index contributed by atoms with van der Waals surface area (Å²) in [5, 5.41) is 11.2. The molecule has 2 N–H and O–H groups in total. The first-order valence-corrected chi connectivity index (χ1v) is 7.58. The summed E-state index contributed by atoms with van der Waals surface area (Å²) in [6, 6.07) is 1.33. The number of nitrogens with zero attached hydrogens (tertiary/aromatic N) is 3. The molecule has 3 heterocycles. The van der Waals surface area contributed by atoms with E-state index in [1.54, 1.807) is 13.1 Å². The van der Waals surface area contributed by atoms with Crippen molar-refractivity contribution in [3.8, 4) is 0 Å². The standard InChI is InChI=1S/C15H22N4O2/c1-9-7-17-14(10(2)15(9)19(20)21)8-18-12-3-4-13(18)6-11(16)5-12/h7,11-13H,3-6,8,16H2,1-2H3. The lowest BCUT2D eigenvalue weighted by Gasteiger charge is -2.37. The third-order valence-electron chi connectivity index (χ3n) is 5.01. The van der Waals surface area contributed by atoms with Crippen LogP contribution in [-0.2, 0) is 6.54 Å². The first kappa shape index (κ1) is 14.4. The van der Waals surface area contributed by atoms with E-state index in [1.807, 2.05) is 6.92 Å². The summed E-state index contributed by atoms with van der Waals surface area (Å²) in [6.07, 6.45) is 6.06. The lowest BCUT2D eigenvalue weighted by Crippen LogP contribution is -2.47. The Morgan fingerprint density at radius 1 is 1.38 bits per heavy atom. The maximum absolute atomic E-state index is 11.2. The molecule has 2 aliphatic heterocycles. The highest BCUT2D eigenvalue weighted by molar-refractivity contribution is 5.47. The SMILES string of the molecule is Cc1cnc(CN2C3CCC2CC(N)C3)c(C)c1[N+](=O)[O-]. The topological polar surface area (TPSA) is 85.3 Å². The molecule has 6 nitrogen and oxygen atoms in total. The molecule has 2 aliphatic rings. The summed E-state index contributed by atoms with van der Waals surface area (Å²) in [6.45, 7) is 4.26. The third-order valence-corrected chi connectivity index (χ3v) is 5.01. The number of nitrogens with two attached hydrogens (primary N) is 1. The number of rotatable bonds is 3. The first-order valence-electron chi connectivity index (χ1n) is 7.58. The third kappa shape index (κ3) is 2.53. The van der Waals surface area contributed by atoms with Crippen molar-refractivity contribution in [2.75, 3.05) is 0 Å². The van der Waals surface area contributed by atoms with Crippen molar-refractivity contribution in [1.29, 1.82) is 0 Å². The van der Waals surface area contributed by atoms with Crippen LogP contribution >= 0.6 is 0 Å². The molecule has 2 bridgehead atoms. The van der Waals surface area contributed by atoms with Crippen molar-refractivity contribution in [1.82, 2.24) is 9.88 Å². The molecule has 2 saturated heterocycles. The molecular weight excluding hydrogens is 268 g/mol. The molecule has 0 amide bonds. The molecule has 0 saturated carbocycles. The van der Waals surface area contributed by atoms with Gasteiger partial charge >= 0.3 is 0 Å². The fraction of sp³-hybridized carbons (Fsp3) is 0.667. The van der Waals surface area contributed by atoms with Crippen molar-refractivity contribution in [2.24, 2.45) is 5.73 Å². The fourth-order valence-corrected chi connectivity index (χ4v) is 3.95. The smallest absolute Gasteiger partial charge is 0.278 e. The maximum atomic E-state index is 11.2. The second-order valence-corrected chi connectivity index (χ2v) is 6.41. The summed E-state index contributed by atoms with van der Waals surface area (Å²) >= 11 is 0. The van der Waals surface area contributed by atoms with E-state index in [-0.39, 0.29) is 10.6 Å². The van der Waals surface area contributed by atoms with Gasteiger partial charge in [-0.15, -0.1) is 0 Å². The van der Waals surface area contributed by atoms with Gasteiger partial charge in [-0.05, 0) is 39.5 Å².